The second kappa shape index (κ2) is 16.9. The Labute approximate surface area is 293 Å². The lowest BCUT2D eigenvalue weighted by molar-refractivity contribution is 0.0552. The van der Waals surface area contributed by atoms with Gasteiger partial charge in [0.25, 0.3) is 0 Å². The highest BCUT2D eigenvalue weighted by Gasteiger charge is 2.25. The summed E-state index contributed by atoms with van der Waals surface area (Å²) >= 11 is 1.79. The largest absolute Gasteiger partial charge is 0.489 e. The van der Waals surface area contributed by atoms with Gasteiger partial charge in [-0.25, -0.2) is 9.79 Å². The smallest absolute Gasteiger partial charge is 0.411 e. The van der Waals surface area contributed by atoms with Crippen LogP contribution in [0.1, 0.15) is 18.1 Å². The van der Waals surface area contributed by atoms with Crippen LogP contribution in [0.4, 0.5) is 10.5 Å². The zero-order valence-corrected chi connectivity index (χ0v) is 29.4. The predicted octanol–water partition coefficient (Wildman–Crippen LogP) is 6.16. The van der Waals surface area contributed by atoms with Crippen LogP contribution < -0.4 is 10.1 Å². The van der Waals surface area contributed by atoms with E-state index in [0.717, 1.165) is 73.9 Å². The van der Waals surface area contributed by atoms with E-state index >= 15 is 0 Å². The quantitative estimate of drug-likeness (QED) is 0.162. The molecule has 258 valence electrons. The molecule has 0 radical (unpaired) electrons. The molecule has 4 aromatic rings. The average molecular weight is 683 g/mol. The number of likely N-dealkylation sites (N-methyl/N-ethyl adjacent to an activating group) is 1. The molecule has 1 aromatic heterocycles. The molecular weight excluding hydrogens is 637 g/mol. The van der Waals surface area contributed by atoms with Crippen molar-refractivity contribution in [1.82, 2.24) is 25.0 Å². The zero-order valence-electron chi connectivity index (χ0n) is 28.6. The van der Waals surface area contributed by atoms with E-state index in [9.17, 15) is 4.79 Å². The Balaban J connectivity index is 0.873. The fraction of sp³-hybridized carbons (Fsp3) is 0.368. The molecule has 1 saturated heterocycles. The molecule has 49 heavy (non-hydrogen) atoms. The number of amidine groups is 1. The number of hydrogen-bond donors (Lipinski definition) is 2. The molecule has 0 bridgehead atoms. The number of alkyl carbamates (subject to hydrolysis) is 1. The van der Waals surface area contributed by atoms with E-state index in [0.29, 0.717) is 25.5 Å². The third-order valence-electron chi connectivity index (χ3n) is 8.63. The van der Waals surface area contributed by atoms with E-state index in [1.54, 1.807) is 11.8 Å². The van der Waals surface area contributed by atoms with Gasteiger partial charge in [-0.05, 0) is 69.4 Å². The van der Waals surface area contributed by atoms with Gasteiger partial charge in [0.05, 0.1) is 18.9 Å². The fourth-order valence-electron chi connectivity index (χ4n) is 5.97. The van der Waals surface area contributed by atoms with Crippen molar-refractivity contribution < 1.29 is 19.0 Å². The summed E-state index contributed by atoms with van der Waals surface area (Å²) in [5, 5.41) is 3.86. The molecule has 0 unspecified atom stereocenters. The van der Waals surface area contributed by atoms with Gasteiger partial charge in [-0.15, -0.1) is 0 Å². The first-order valence-corrected chi connectivity index (χ1v) is 17.7. The summed E-state index contributed by atoms with van der Waals surface area (Å²) in [6.45, 7) is 8.73. The number of hydrogen-bond acceptors (Lipinski definition) is 9. The van der Waals surface area contributed by atoms with E-state index in [2.05, 4.69) is 99.9 Å². The number of ether oxygens (including phenoxy) is 3. The number of nitrogens with one attached hydrogen (secondary N) is 2. The Morgan fingerprint density at radius 1 is 0.980 bits per heavy atom. The number of benzene rings is 3. The molecule has 3 aromatic carbocycles. The number of para-hydroxylation sites is 1. The number of fused-ring (bicyclic) bond motifs is 3. The van der Waals surface area contributed by atoms with Gasteiger partial charge < -0.3 is 29.0 Å². The van der Waals surface area contributed by atoms with Crippen molar-refractivity contribution in [1.29, 1.82) is 0 Å². The Kier molecular flexibility index (Phi) is 11.9. The number of amides is 1. The number of carbonyl (C=O) groups is 1. The average Bonchev–Trinajstić information content (AvgIpc) is 3.45. The molecule has 3 heterocycles. The number of allylic oxidation sites excluding steroid dienone is 1. The van der Waals surface area contributed by atoms with Crippen LogP contribution in [0.5, 0.6) is 5.75 Å². The number of nitrogens with zero attached hydrogens (tertiary/aromatic N) is 4. The molecule has 1 fully saturated rings. The second-order valence-electron chi connectivity index (χ2n) is 12.4. The fourth-order valence-corrected chi connectivity index (χ4v) is 6.99. The van der Waals surface area contributed by atoms with Crippen molar-refractivity contribution in [2.75, 3.05) is 79.8 Å². The maximum absolute atomic E-state index is 12.3. The topological polar surface area (TPSA) is 94.7 Å². The molecule has 0 spiro atoms. The summed E-state index contributed by atoms with van der Waals surface area (Å²) in [6.07, 6.45) is 4.31. The molecule has 0 saturated carbocycles. The van der Waals surface area contributed by atoms with Gasteiger partial charge in [-0.1, -0.05) is 48.2 Å². The molecule has 2 N–H and O–H groups in total. The van der Waals surface area contributed by atoms with E-state index in [4.69, 9.17) is 19.2 Å². The van der Waals surface area contributed by atoms with Crippen molar-refractivity contribution in [3.63, 3.8) is 0 Å². The normalized spacial score (nSPS) is 15.1. The predicted molar refractivity (Wildman–Crippen MR) is 196 cm³/mol. The molecule has 2 aliphatic rings. The van der Waals surface area contributed by atoms with E-state index in [-0.39, 0.29) is 6.61 Å². The Bertz CT molecular complexity index is 1780. The number of rotatable bonds is 13. The minimum atomic E-state index is -0.504. The lowest BCUT2D eigenvalue weighted by atomic mass is 10.1. The van der Waals surface area contributed by atoms with Gasteiger partial charge in [0.2, 0.25) is 0 Å². The van der Waals surface area contributed by atoms with Gasteiger partial charge in [0.15, 0.2) is 0 Å². The molecular formula is C38H46N6O4S. The van der Waals surface area contributed by atoms with E-state index in [1.165, 1.54) is 20.9 Å². The van der Waals surface area contributed by atoms with Crippen molar-refractivity contribution in [2.45, 2.75) is 23.1 Å². The van der Waals surface area contributed by atoms with Crippen LogP contribution in [0.2, 0.25) is 0 Å². The highest BCUT2D eigenvalue weighted by atomic mass is 32.2. The van der Waals surface area contributed by atoms with Crippen molar-refractivity contribution in [2.24, 2.45) is 4.99 Å². The van der Waals surface area contributed by atoms with Crippen molar-refractivity contribution >= 4 is 40.3 Å². The molecule has 1 amide bonds. The lowest BCUT2D eigenvalue weighted by Crippen LogP contribution is -2.49. The standard InChI is InChI=1S/C38H46N6O4S/c1-28(16-23-47-33-12-8-11-32-36(33)29(27-39-32)15-17-42(2)3)40-38(45)48-26-25-46-24-22-43-18-20-44(21-19-43)37-30-9-4-6-13-34(30)49-35-14-7-5-10-31(35)41-37/h4-14,16,27,39H,15,17-26H2,1-3H3,(H,40,45)/b28-16+. The first-order chi connectivity index (χ1) is 23.9. The SMILES string of the molecule is C/C(=C\COc1cccc2[nH]cc(CCN(C)C)c12)NC(=O)OCCOCCN1CCN(C2=Nc3ccccc3Sc3ccccc32)CC1. The Morgan fingerprint density at radius 3 is 2.61 bits per heavy atom. The Morgan fingerprint density at radius 2 is 1.78 bits per heavy atom. The first kappa shape index (κ1) is 34.6. The van der Waals surface area contributed by atoms with Gasteiger partial charge in [-0.3, -0.25) is 10.2 Å². The maximum Gasteiger partial charge on any atom is 0.411 e. The summed E-state index contributed by atoms with van der Waals surface area (Å²) < 4.78 is 17.2. The summed E-state index contributed by atoms with van der Waals surface area (Å²) in [4.78, 5) is 30.2. The third kappa shape index (κ3) is 9.24. The zero-order chi connectivity index (χ0) is 34.0. The summed E-state index contributed by atoms with van der Waals surface area (Å²) in [5.41, 5.74) is 5.16. The number of aliphatic imine (C=N–C) groups is 1. The molecule has 2 aliphatic heterocycles. The number of aromatic amines is 1. The highest BCUT2D eigenvalue weighted by Crippen LogP contribution is 2.40. The Hall–Kier alpha value is -4.29. The van der Waals surface area contributed by atoms with E-state index < -0.39 is 6.09 Å². The summed E-state index contributed by atoms with van der Waals surface area (Å²) in [6, 6.07) is 22.9. The summed E-state index contributed by atoms with van der Waals surface area (Å²) in [5.74, 6) is 1.87. The van der Waals surface area contributed by atoms with Crippen LogP contribution in [-0.4, -0.2) is 111 Å². The number of aromatic nitrogens is 1. The van der Waals surface area contributed by atoms with Crippen LogP contribution >= 0.6 is 11.8 Å². The van der Waals surface area contributed by atoms with Crippen LogP contribution in [0, 0.1) is 0 Å². The highest BCUT2D eigenvalue weighted by molar-refractivity contribution is 7.99. The maximum atomic E-state index is 12.3. The van der Waals surface area contributed by atoms with Crippen LogP contribution in [0.3, 0.4) is 0 Å². The first-order valence-electron chi connectivity index (χ1n) is 16.9. The molecule has 10 nitrogen and oxygen atoms in total. The molecule has 0 atom stereocenters. The minimum absolute atomic E-state index is 0.188. The molecule has 0 aliphatic carbocycles. The number of carbonyl (C=O) groups excluding carboxylic acids is 1. The molecule has 6 rings (SSSR count). The monoisotopic (exact) mass is 682 g/mol. The van der Waals surface area contributed by atoms with Gasteiger partial charge in [0.1, 0.15) is 24.8 Å². The van der Waals surface area contributed by atoms with Gasteiger partial charge >= 0.3 is 6.09 Å². The number of H-pyrrole nitrogens is 1. The van der Waals surface area contributed by atoms with Gasteiger partial charge in [0, 0.05) is 77.4 Å². The lowest BCUT2D eigenvalue weighted by Gasteiger charge is -2.36. The number of piperazine rings is 1. The summed E-state index contributed by atoms with van der Waals surface area (Å²) in [7, 11) is 4.14. The van der Waals surface area contributed by atoms with E-state index in [1.807, 2.05) is 25.1 Å². The third-order valence-corrected chi connectivity index (χ3v) is 9.77. The van der Waals surface area contributed by atoms with Crippen molar-refractivity contribution in [3.05, 3.63) is 95.8 Å². The van der Waals surface area contributed by atoms with Crippen LogP contribution in [0.15, 0.2) is 99.5 Å². The van der Waals surface area contributed by atoms with Crippen LogP contribution in [0.25, 0.3) is 10.9 Å². The second-order valence-corrected chi connectivity index (χ2v) is 13.5. The van der Waals surface area contributed by atoms with Gasteiger partial charge in [-0.2, -0.15) is 0 Å². The molecule has 11 heteroatoms. The van der Waals surface area contributed by atoms with Crippen molar-refractivity contribution in [3.8, 4) is 5.75 Å². The van der Waals surface area contributed by atoms with Crippen LogP contribution in [-0.2, 0) is 15.9 Å². The minimum Gasteiger partial charge on any atom is -0.489 e.